The maximum absolute atomic E-state index is 4.93. The zero-order valence-corrected chi connectivity index (χ0v) is 8.10. The lowest BCUT2D eigenvalue weighted by Crippen LogP contribution is -1.96. The number of rotatable bonds is 3. The number of thiophene rings is 1. The van der Waals surface area contributed by atoms with Crippen LogP contribution in [0, 0.1) is 6.92 Å². The molecule has 0 aliphatic rings. The Morgan fingerprint density at radius 3 is 3.15 bits per heavy atom. The molecule has 3 nitrogen and oxygen atoms in total. The minimum Gasteiger partial charge on any atom is -0.362 e. The number of anilines is 1. The van der Waals surface area contributed by atoms with Crippen LogP contribution in [0.2, 0.25) is 0 Å². The smallest absolute Gasteiger partial charge is 0.169 e. The van der Waals surface area contributed by atoms with Gasteiger partial charge in [0.2, 0.25) is 0 Å². The summed E-state index contributed by atoms with van der Waals surface area (Å²) >= 11 is 1.73. The Morgan fingerprint density at radius 2 is 2.54 bits per heavy atom. The van der Waals surface area contributed by atoms with Crippen LogP contribution in [0.25, 0.3) is 0 Å². The fourth-order valence-corrected chi connectivity index (χ4v) is 1.69. The molecule has 0 radical (unpaired) electrons. The van der Waals surface area contributed by atoms with Crippen molar-refractivity contribution < 1.29 is 4.52 Å². The van der Waals surface area contributed by atoms with Gasteiger partial charge < -0.3 is 9.84 Å². The van der Waals surface area contributed by atoms with Gasteiger partial charge in [0.1, 0.15) is 5.76 Å². The van der Waals surface area contributed by atoms with E-state index in [0.29, 0.717) is 0 Å². The van der Waals surface area contributed by atoms with Crippen molar-refractivity contribution in [2.45, 2.75) is 13.5 Å². The Balaban J connectivity index is 1.93. The molecule has 0 aromatic carbocycles. The largest absolute Gasteiger partial charge is 0.362 e. The molecule has 68 valence electrons. The van der Waals surface area contributed by atoms with Crippen LogP contribution >= 0.6 is 11.3 Å². The predicted octanol–water partition coefficient (Wildman–Crippen LogP) is 2.66. The number of aryl methyl sites for hydroxylation is 1. The Kier molecular flexibility index (Phi) is 2.31. The maximum Gasteiger partial charge on any atom is 0.169 e. The van der Waals surface area contributed by atoms with E-state index in [2.05, 4.69) is 21.9 Å². The van der Waals surface area contributed by atoms with E-state index in [9.17, 15) is 0 Å². The summed E-state index contributed by atoms with van der Waals surface area (Å²) in [5, 5.41) is 9.07. The van der Waals surface area contributed by atoms with Gasteiger partial charge in [-0.05, 0) is 18.4 Å². The van der Waals surface area contributed by atoms with Crippen molar-refractivity contribution in [1.82, 2.24) is 5.16 Å². The van der Waals surface area contributed by atoms with Gasteiger partial charge in [0.05, 0.1) is 6.54 Å². The first-order chi connectivity index (χ1) is 6.34. The van der Waals surface area contributed by atoms with Crippen molar-refractivity contribution in [1.29, 1.82) is 0 Å². The Bertz CT molecular complexity index is 367. The fraction of sp³-hybridized carbons (Fsp3) is 0.222. The molecule has 0 saturated heterocycles. The minimum atomic E-state index is 0.797. The van der Waals surface area contributed by atoms with Crippen LogP contribution in [0.15, 0.2) is 28.1 Å². The summed E-state index contributed by atoms with van der Waals surface area (Å²) in [6.45, 7) is 2.69. The molecule has 0 spiro atoms. The first-order valence-corrected chi connectivity index (χ1v) is 4.92. The second-order valence-corrected chi connectivity index (χ2v) is 3.79. The van der Waals surface area contributed by atoms with Crippen molar-refractivity contribution in [2.75, 3.05) is 5.32 Å². The molecule has 0 aliphatic heterocycles. The van der Waals surface area contributed by atoms with Crippen LogP contribution in [-0.2, 0) is 6.54 Å². The average Bonchev–Trinajstić information content (AvgIpc) is 2.71. The van der Waals surface area contributed by atoms with Gasteiger partial charge in [-0.2, -0.15) is 0 Å². The predicted molar refractivity (Wildman–Crippen MR) is 52.9 cm³/mol. The van der Waals surface area contributed by atoms with Gasteiger partial charge >= 0.3 is 0 Å². The summed E-state index contributed by atoms with van der Waals surface area (Å²) < 4.78 is 4.93. The van der Waals surface area contributed by atoms with Crippen LogP contribution in [0.3, 0.4) is 0 Å². The highest BCUT2D eigenvalue weighted by atomic mass is 32.1. The molecular weight excluding hydrogens is 184 g/mol. The first-order valence-electron chi connectivity index (χ1n) is 4.04. The normalized spacial score (nSPS) is 10.2. The van der Waals surface area contributed by atoms with Gasteiger partial charge in [0.15, 0.2) is 5.82 Å². The van der Waals surface area contributed by atoms with E-state index in [1.807, 2.05) is 19.1 Å². The van der Waals surface area contributed by atoms with Crippen molar-refractivity contribution >= 4 is 17.2 Å². The summed E-state index contributed by atoms with van der Waals surface area (Å²) in [5.41, 5.74) is 0. The summed E-state index contributed by atoms with van der Waals surface area (Å²) in [6.07, 6.45) is 0. The zero-order valence-electron chi connectivity index (χ0n) is 7.28. The highest BCUT2D eigenvalue weighted by Gasteiger charge is 1.99. The quantitative estimate of drug-likeness (QED) is 0.816. The van der Waals surface area contributed by atoms with E-state index >= 15 is 0 Å². The van der Waals surface area contributed by atoms with Crippen LogP contribution in [0.5, 0.6) is 0 Å². The molecule has 0 saturated carbocycles. The number of hydrogen-bond donors (Lipinski definition) is 1. The van der Waals surface area contributed by atoms with E-state index in [1.165, 1.54) is 4.88 Å². The van der Waals surface area contributed by atoms with Gasteiger partial charge in [-0.15, -0.1) is 11.3 Å². The molecule has 0 aliphatic carbocycles. The zero-order chi connectivity index (χ0) is 9.10. The number of nitrogens with zero attached hydrogens (tertiary/aromatic N) is 1. The second-order valence-electron chi connectivity index (χ2n) is 2.76. The van der Waals surface area contributed by atoms with E-state index in [4.69, 9.17) is 4.52 Å². The van der Waals surface area contributed by atoms with Gasteiger partial charge in [-0.1, -0.05) is 11.2 Å². The third-order valence-corrected chi connectivity index (χ3v) is 2.53. The molecule has 0 unspecified atom stereocenters. The van der Waals surface area contributed by atoms with Crippen molar-refractivity contribution in [2.24, 2.45) is 0 Å². The molecule has 2 rings (SSSR count). The lowest BCUT2D eigenvalue weighted by molar-refractivity contribution is 0.399. The van der Waals surface area contributed by atoms with Gasteiger partial charge in [-0.25, -0.2) is 0 Å². The average molecular weight is 194 g/mol. The number of hydrogen-bond acceptors (Lipinski definition) is 4. The topological polar surface area (TPSA) is 38.1 Å². The second kappa shape index (κ2) is 3.62. The number of aromatic nitrogens is 1. The number of nitrogens with one attached hydrogen (secondary N) is 1. The minimum absolute atomic E-state index is 0.797. The van der Waals surface area contributed by atoms with E-state index in [-0.39, 0.29) is 0 Å². The van der Waals surface area contributed by atoms with Gasteiger partial charge in [-0.3, -0.25) is 0 Å². The molecule has 0 fully saturated rings. The lowest BCUT2D eigenvalue weighted by atomic mass is 10.4. The molecular formula is C9H10N2OS. The third kappa shape index (κ3) is 2.09. The molecule has 2 heterocycles. The Morgan fingerprint density at radius 1 is 1.62 bits per heavy atom. The Hall–Kier alpha value is -1.29. The summed E-state index contributed by atoms with van der Waals surface area (Å²) in [7, 11) is 0. The summed E-state index contributed by atoms with van der Waals surface area (Å²) in [4.78, 5) is 1.29. The molecule has 0 bridgehead atoms. The van der Waals surface area contributed by atoms with Crippen molar-refractivity contribution in [3.8, 4) is 0 Å². The monoisotopic (exact) mass is 194 g/mol. The Labute approximate surface area is 80.4 Å². The van der Waals surface area contributed by atoms with Gasteiger partial charge in [0, 0.05) is 10.9 Å². The SMILES string of the molecule is Cc1cc(NCc2cccs2)no1. The lowest BCUT2D eigenvalue weighted by Gasteiger charge is -1.97. The highest BCUT2D eigenvalue weighted by Crippen LogP contribution is 2.12. The van der Waals surface area contributed by atoms with Crippen molar-refractivity contribution in [3.63, 3.8) is 0 Å². The molecule has 2 aromatic rings. The molecule has 1 N–H and O–H groups in total. The van der Waals surface area contributed by atoms with E-state index < -0.39 is 0 Å². The van der Waals surface area contributed by atoms with Crippen molar-refractivity contribution in [3.05, 3.63) is 34.2 Å². The maximum atomic E-state index is 4.93. The van der Waals surface area contributed by atoms with Crippen LogP contribution in [-0.4, -0.2) is 5.16 Å². The standard InChI is InChI=1S/C9H10N2OS/c1-7-5-9(11-12-7)10-6-8-3-2-4-13-8/h2-5H,6H2,1H3,(H,10,11). The molecule has 0 amide bonds. The highest BCUT2D eigenvalue weighted by molar-refractivity contribution is 7.09. The first kappa shape index (κ1) is 8.31. The van der Waals surface area contributed by atoms with E-state index in [0.717, 1.165) is 18.1 Å². The third-order valence-electron chi connectivity index (χ3n) is 1.65. The molecule has 13 heavy (non-hydrogen) atoms. The van der Waals surface area contributed by atoms with Crippen LogP contribution < -0.4 is 5.32 Å². The molecule has 0 atom stereocenters. The van der Waals surface area contributed by atoms with E-state index in [1.54, 1.807) is 11.3 Å². The summed E-state index contributed by atoms with van der Waals surface area (Å²) in [6, 6.07) is 6.01. The summed E-state index contributed by atoms with van der Waals surface area (Å²) in [5.74, 6) is 1.62. The fourth-order valence-electron chi connectivity index (χ4n) is 1.04. The van der Waals surface area contributed by atoms with Gasteiger partial charge in [0.25, 0.3) is 0 Å². The van der Waals surface area contributed by atoms with Crippen LogP contribution in [0.4, 0.5) is 5.82 Å². The van der Waals surface area contributed by atoms with Crippen LogP contribution in [0.1, 0.15) is 10.6 Å². The molecule has 4 heteroatoms. The molecule has 2 aromatic heterocycles.